The van der Waals surface area contributed by atoms with Crippen LogP contribution in [0.1, 0.15) is 36.7 Å². The molecular weight excluding hydrogens is 334 g/mol. The number of methoxy groups -OCH3 is 1. The molecule has 0 unspecified atom stereocenters. The topological polar surface area (TPSA) is 93.3 Å². The van der Waals surface area contributed by atoms with Gasteiger partial charge in [-0.15, -0.1) is 0 Å². The second-order valence-electron chi connectivity index (χ2n) is 6.47. The molecule has 0 spiro atoms. The monoisotopic (exact) mass is 359 g/mol. The summed E-state index contributed by atoms with van der Waals surface area (Å²) in [6.45, 7) is 6.63. The Morgan fingerprint density at radius 3 is 2.73 bits per heavy atom. The molecule has 1 aromatic heterocycles. The molecule has 1 N–H and O–H groups in total. The van der Waals surface area contributed by atoms with Crippen molar-refractivity contribution in [1.29, 1.82) is 5.26 Å². The van der Waals surface area contributed by atoms with E-state index in [0.717, 1.165) is 29.8 Å². The number of amides is 1. The summed E-state index contributed by atoms with van der Waals surface area (Å²) in [4.78, 5) is 24.1. The zero-order chi connectivity index (χ0) is 19.3. The predicted octanol–water partition coefficient (Wildman–Crippen LogP) is 1.87. The predicted molar refractivity (Wildman–Crippen MR) is 96.1 cm³/mol. The summed E-state index contributed by atoms with van der Waals surface area (Å²) < 4.78 is 12.3. The molecule has 1 saturated carbocycles. The van der Waals surface area contributed by atoms with Gasteiger partial charge >= 0.3 is 5.97 Å². The number of nitrogens with zero attached hydrogens (tertiary/aromatic N) is 2. The summed E-state index contributed by atoms with van der Waals surface area (Å²) in [5, 5.41) is 12.1. The molecular formula is C19H25N3O4. The summed E-state index contributed by atoms with van der Waals surface area (Å²) in [7, 11) is 1.64. The Balaban J connectivity index is 2.10. The van der Waals surface area contributed by atoms with E-state index >= 15 is 0 Å². The van der Waals surface area contributed by atoms with Crippen molar-refractivity contribution in [3.05, 3.63) is 28.6 Å². The number of ether oxygens (including phenoxy) is 2. The first-order valence-electron chi connectivity index (χ1n) is 8.66. The molecule has 1 atom stereocenters. The van der Waals surface area contributed by atoms with Crippen molar-refractivity contribution in [1.82, 2.24) is 9.88 Å². The molecule has 26 heavy (non-hydrogen) atoms. The molecule has 2 rings (SSSR count). The minimum absolute atomic E-state index is 0.136. The molecule has 7 heteroatoms. The van der Waals surface area contributed by atoms with Gasteiger partial charge in [-0.1, -0.05) is 0 Å². The van der Waals surface area contributed by atoms with E-state index in [1.54, 1.807) is 7.11 Å². The highest BCUT2D eigenvalue weighted by Crippen LogP contribution is 2.20. The molecule has 1 amide bonds. The third-order valence-corrected chi connectivity index (χ3v) is 4.35. The van der Waals surface area contributed by atoms with Crippen molar-refractivity contribution in [2.75, 3.05) is 13.7 Å². The minimum Gasteiger partial charge on any atom is -0.448 e. The molecule has 140 valence electrons. The third-order valence-electron chi connectivity index (χ3n) is 4.35. The molecule has 0 bridgehead atoms. The van der Waals surface area contributed by atoms with Gasteiger partial charge in [0.15, 0.2) is 6.10 Å². The fraction of sp³-hybridized carbons (Fsp3) is 0.526. The van der Waals surface area contributed by atoms with Crippen LogP contribution in [0.3, 0.4) is 0 Å². The number of carbonyl (C=O) groups excluding carboxylic acids is 2. The number of esters is 1. The Morgan fingerprint density at radius 1 is 1.46 bits per heavy atom. The lowest BCUT2D eigenvalue weighted by Gasteiger charge is -2.12. The van der Waals surface area contributed by atoms with E-state index in [4.69, 9.17) is 9.47 Å². The first-order valence-corrected chi connectivity index (χ1v) is 8.66. The van der Waals surface area contributed by atoms with Gasteiger partial charge in [0, 0.05) is 31.1 Å². The number of nitrogens with one attached hydrogen (secondary N) is 1. The zero-order valence-corrected chi connectivity index (χ0v) is 15.7. The van der Waals surface area contributed by atoms with Gasteiger partial charge < -0.3 is 19.4 Å². The van der Waals surface area contributed by atoms with Gasteiger partial charge in [-0.2, -0.15) is 5.26 Å². The highest BCUT2D eigenvalue weighted by Gasteiger charge is 2.28. The van der Waals surface area contributed by atoms with Crippen LogP contribution < -0.4 is 5.32 Å². The first-order chi connectivity index (χ1) is 12.4. The van der Waals surface area contributed by atoms with Gasteiger partial charge in [-0.25, -0.2) is 4.79 Å². The number of carbonyl (C=O) groups is 2. The van der Waals surface area contributed by atoms with Crippen molar-refractivity contribution in [3.8, 4) is 6.07 Å². The molecule has 1 aromatic rings. The van der Waals surface area contributed by atoms with Crippen molar-refractivity contribution in [3.63, 3.8) is 0 Å². The van der Waals surface area contributed by atoms with E-state index in [2.05, 4.69) is 9.88 Å². The molecule has 0 aliphatic heterocycles. The molecule has 0 saturated heterocycles. The van der Waals surface area contributed by atoms with Crippen molar-refractivity contribution in [2.45, 2.75) is 52.3 Å². The number of hydrogen-bond acceptors (Lipinski definition) is 5. The molecule has 0 radical (unpaired) electrons. The summed E-state index contributed by atoms with van der Waals surface area (Å²) >= 11 is 0. The third kappa shape index (κ3) is 4.96. The quantitative estimate of drug-likeness (QED) is 0.434. The number of hydrogen-bond donors (Lipinski definition) is 1. The normalized spacial score (nSPS) is 15.3. The molecule has 1 heterocycles. The lowest BCUT2D eigenvalue weighted by atomic mass is 10.1. The second kappa shape index (κ2) is 8.68. The van der Waals surface area contributed by atoms with Gasteiger partial charge in [0.05, 0.1) is 6.61 Å². The van der Waals surface area contributed by atoms with Crippen LogP contribution in [0.4, 0.5) is 0 Å². The Hall–Kier alpha value is -2.59. The number of rotatable bonds is 8. The second-order valence-corrected chi connectivity index (χ2v) is 6.47. The Morgan fingerprint density at radius 2 is 2.15 bits per heavy atom. The lowest BCUT2D eigenvalue weighted by Crippen LogP contribution is -2.37. The van der Waals surface area contributed by atoms with Crippen molar-refractivity contribution in [2.24, 2.45) is 0 Å². The summed E-state index contributed by atoms with van der Waals surface area (Å²) in [5.41, 5.74) is 2.57. The highest BCUT2D eigenvalue weighted by molar-refractivity contribution is 5.99. The summed E-state index contributed by atoms with van der Waals surface area (Å²) in [6, 6.07) is 3.96. The van der Waals surface area contributed by atoms with Gasteiger partial charge in [-0.05, 0) is 51.3 Å². The van der Waals surface area contributed by atoms with Gasteiger partial charge in [-0.3, -0.25) is 4.79 Å². The molecule has 1 fully saturated rings. The van der Waals surface area contributed by atoms with Gasteiger partial charge in [0.1, 0.15) is 11.6 Å². The maximum atomic E-state index is 12.3. The van der Waals surface area contributed by atoms with E-state index in [-0.39, 0.29) is 17.5 Å². The standard InChI is InChI=1S/C19H25N3O4/c1-12-9-15(13(2)22(12)7-8-25-4)10-16(11-20)19(24)26-14(3)18(23)21-17-5-6-17/h9-10,14,17H,5-8H2,1-4H3,(H,21,23)/b16-10+/t14-/m0/s1. The van der Waals surface area contributed by atoms with Crippen LogP contribution in [0.25, 0.3) is 6.08 Å². The fourth-order valence-electron chi connectivity index (χ4n) is 2.62. The Kier molecular flexibility index (Phi) is 6.58. The van der Waals surface area contributed by atoms with E-state index < -0.39 is 12.1 Å². The van der Waals surface area contributed by atoms with Crippen molar-refractivity contribution >= 4 is 18.0 Å². The van der Waals surface area contributed by atoms with Crippen LogP contribution in [0.2, 0.25) is 0 Å². The number of aromatic nitrogens is 1. The maximum absolute atomic E-state index is 12.3. The van der Waals surface area contributed by atoms with Gasteiger partial charge in [0.25, 0.3) is 5.91 Å². The Bertz CT molecular complexity index is 754. The number of aryl methyl sites for hydroxylation is 1. The van der Waals surface area contributed by atoms with E-state index in [0.29, 0.717) is 13.2 Å². The van der Waals surface area contributed by atoms with E-state index in [1.807, 2.05) is 26.0 Å². The highest BCUT2D eigenvalue weighted by atomic mass is 16.5. The van der Waals surface area contributed by atoms with Crippen LogP contribution >= 0.6 is 0 Å². The number of nitriles is 1. The minimum atomic E-state index is -0.936. The molecule has 1 aliphatic carbocycles. The maximum Gasteiger partial charge on any atom is 0.349 e. The van der Waals surface area contributed by atoms with E-state index in [1.165, 1.54) is 13.0 Å². The van der Waals surface area contributed by atoms with Crippen molar-refractivity contribution < 1.29 is 19.1 Å². The smallest absolute Gasteiger partial charge is 0.349 e. The Labute approximate surface area is 153 Å². The molecule has 1 aliphatic rings. The average molecular weight is 359 g/mol. The van der Waals surface area contributed by atoms with Crippen LogP contribution in [-0.2, 0) is 25.6 Å². The van der Waals surface area contributed by atoms with Gasteiger partial charge in [0.2, 0.25) is 0 Å². The fourth-order valence-corrected chi connectivity index (χ4v) is 2.62. The summed E-state index contributed by atoms with van der Waals surface area (Å²) in [5.74, 6) is -1.14. The lowest BCUT2D eigenvalue weighted by molar-refractivity contribution is -0.150. The molecule has 7 nitrogen and oxygen atoms in total. The zero-order valence-electron chi connectivity index (χ0n) is 15.7. The van der Waals surface area contributed by atoms with Crippen LogP contribution in [0, 0.1) is 25.2 Å². The average Bonchev–Trinajstić information content (AvgIpc) is 3.37. The van der Waals surface area contributed by atoms with E-state index in [9.17, 15) is 14.9 Å². The van der Waals surface area contributed by atoms with Crippen LogP contribution in [0.15, 0.2) is 11.6 Å². The van der Waals surface area contributed by atoms with Crippen LogP contribution in [-0.4, -0.2) is 42.3 Å². The summed E-state index contributed by atoms with van der Waals surface area (Å²) in [6.07, 6.45) is 2.47. The SMILES string of the molecule is COCCn1c(C)cc(/C=C(\C#N)C(=O)O[C@@H](C)C(=O)NC2CC2)c1C. The largest absolute Gasteiger partial charge is 0.448 e. The molecule has 0 aromatic carbocycles. The van der Waals surface area contributed by atoms with Crippen LogP contribution in [0.5, 0.6) is 0 Å². The first kappa shape index (κ1) is 19.7.